The molecule has 0 atom stereocenters. The zero-order valence-electron chi connectivity index (χ0n) is 13.9. The Kier molecular flexibility index (Phi) is 4.80. The average Bonchev–Trinajstić information content (AvgIpc) is 3.06. The summed E-state index contributed by atoms with van der Waals surface area (Å²) in [5, 5.41) is 0. The lowest BCUT2D eigenvalue weighted by atomic mass is 10.0. The minimum atomic E-state index is -0.330. The molecule has 1 aromatic heterocycles. The summed E-state index contributed by atoms with van der Waals surface area (Å²) in [7, 11) is 1.39. The summed E-state index contributed by atoms with van der Waals surface area (Å²) in [6, 6.07) is 19.6. The molecule has 24 heavy (non-hydrogen) atoms. The highest BCUT2D eigenvalue weighted by atomic mass is 16.5. The van der Waals surface area contributed by atoms with E-state index in [0.717, 1.165) is 41.1 Å². The summed E-state index contributed by atoms with van der Waals surface area (Å²) in [5.74, 6) is 1.51. The number of furan rings is 1. The molecular weight excluding hydrogens is 300 g/mol. The molecular formula is C21H20O3. The summed E-state index contributed by atoms with van der Waals surface area (Å²) in [6.07, 6.45) is 1.93. The number of hydrogen-bond acceptors (Lipinski definition) is 3. The van der Waals surface area contributed by atoms with Crippen molar-refractivity contribution in [1.82, 2.24) is 0 Å². The van der Waals surface area contributed by atoms with E-state index in [1.807, 2.05) is 42.5 Å². The van der Waals surface area contributed by atoms with Crippen molar-refractivity contribution >= 4 is 5.97 Å². The molecule has 0 amide bonds. The molecule has 0 aliphatic heterocycles. The van der Waals surface area contributed by atoms with E-state index in [0.29, 0.717) is 5.56 Å². The molecule has 0 bridgehead atoms. The molecule has 0 saturated carbocycles. The van der Waals surface area contributed by atoms with Crippen LogP contribution in [-0.4, -0.2) is 13.1 Å². The Labute approximate surface area is 141 Å². The topological polar surface area (TPSA) is 39.4 Å². The SMILES string of the molecule is CCCc1cc(-c2ccc(C(=O)OC)cc2)c(-c2ccccc2)o1. The van der Waals surface area contributed by atoms with Crippen LogP contribution in [0.4, 0.5) is 0 Å². The van der Waals surface area contributed by atoms with Gasteiger partial charge in [0.1, 0.15) is 11.5 Å². The second-order valence-corrected chi connectivity index (χ2v) is 5.64. The second-order valence-electron chi connectivity index (χ2n) is 5.64. The van der Waals surface area contributed by atoms with Gasteiger partial charge in [0.25, 0.3) is 0 Å². The van der Waals surface area contributed by atoms with Gasteiger partial charge in [0.05, 0.1) is 12.7 Å². The standard InChI is InChI=1S/C21H20O3/c1-3-7-18-14-19(20(24-18)16-8-5-4-6-9-16)15-10-12-17(13-11-15)21(22)23-2/h4-6,8-14H,3,7H2,1-2H3. The van der Waals surface area contributed by atoms with Crippen molar-refractivity contribution in [2.75, 3.05) is 7.11 Å². The molecule has 0 unspecified atom stereocenters. The van der Waals surface area contributed by atoms with E-state index in [9.17, 15) is 4.79 Å². The minimum Gasteiger partial charge on any atom is -0.465 e. The van der Waals surface area contributed by atoms with Gasteiger partial charge in [0.2, 0.25) is 0 Å². The van der Waals surface area contributed by atoms with Crippen LogP contribution in [0.3, 0.4) is 0 Å². The average molecular weight is 320 g/mol. The Morgan fingerprint density at radius 2 is 1.71 bits per heavy atom. The molecule has 0 spiro atoms. The number of methoxy groups -OCH3 is 1. The van der Waals surface area contributed by atoms with Gasteiger partial charge in [-0.15, -0.1) is 0 Å². The van der Waals surface area contributed by atoms with Gasteiger partial charge in [-0.05, 0) is 30.2 Å². The van der Waals surface area contributed by atoms with Crippen molar-refractivity contribution in [3.05, 3.63) is 72.0 Å². The quantitative estimate of drug-likeness (QED) is 0.595. The summed E-state index contributed by atoms with van der Waals surface area (Å²) in [5.41, 5.74) is 3.65. The summed E-state index contributed by atoms with van der Waals surface area (Å²) >= 11 is 0. The van der Waals surface area contributed by atoms with E-state index in [2.05, 4.69) is 13.0 Å². The van der Waals surface area contributed by atoms with E-state index in [1.54, 1.807) is 12.1 Å². The Hall–Kier alpha value is -2.81. The zero-order chi connectivity index (χ0) is 16.9. The fourth-order valence-electron chi connectivity index (χ4n) is 2.73. The number of carbonyl (C=O) groups excluding carboxylic acids is 1. The van der Waals surface area contributed by atoms with Gasteiger partial charge < -0.3 is 9.15 Å². The molecule has 0 N–H and O–H groups in total. The van der Waals surface area contributed by atoms with Crippen LogP contribution < -0.4 is 0 Å². The van der Waals surface area contributed by atoms with Crippen LogP contribution in [0.25, 0.3) is 22.5 Å². The summed E-state index contributed by atoms with van der Waals surface area (Å²) in [4.78, 5) is 11.6. The van der Waals surface area contributed by atoms with Gasteiger partial charge in [-0.25, -0.2) is 4.79 Å². The minimum absolute atomic E-state index is 0.330. The molecule has 0 radical (unpaired) electrons. The Morgan fingerprint density at radius 1 is 1.00 bits per heavy atom. The number of ether oxygens (including phenoxy) is 1. The molecule has 3 rings (SSSR count). The van der Waals surface area contributed by atoms with Gasteiger partial charge in [0, 0.05) is 17.5 Å². The summed E-state index contributed by atoms with van der Waals surface area (Å²) < 4.78 is 10.9. The molecule has 3 aromatic rings. The smallest absolute Gasteiger partial charge is 0.337 e. The maximum atomic E-state index is 11.6. The second kappa shape index (κ2) is 7.18. The molecule has 0 aliphatic carbocycles. The van der Waals surface area contributed by atoms with Gasteiger partial charge >= 0.3 is 5.97 Å². The monoisotopic (exact) mass is 320 g/mol. The van der Waals surface area contributed by atoms with Gasteiger partial charge in [-0.2, -0.15) is 0 Å². The van der Waals surface area contributed by atoms with Crippen molar-refractivity contribution in [3.63, 3.8) is 0 Å². The van der Waals surface area contributed by atoms with Crippen molar-refractivity contribution in [1.29, 1.82) is 0 Å². The van der Waals surface area contributed by atoms with E-state index in [1.165, 1.54) is 7.11 Å². The highest BCUT2D eigenvalue weighted by Crippen LogP contribution is 2.35. The molecule has 1 heterocycles. The first-order chi connectivity index (χ1) is 11.7. The van der Waals surface area contributed by atoms with Gasteiger partial charge in [0.15, 0.2) is 0 Å². The van der Waals surface area contributed by atoms with Crippen LogP contribution in [0.5, 0.6) is 0 Å². The third-order valence-electron chi connectivity index (χ3n) is 3.93. The van der Waals surface area contributed by atoms with Crippen molar-refractivity contribution in [2.24, 2.45) is 0 Å². The van der Waals surface area contributed by atoms with Crippen LogP contribution >= 0.6 is 0 Å². The van der Waals surface area contributed by atoms with Gasteiger partial charge in [-0.3, -0.25) is 0 Å². The fraction of sp³-hybridized carbons (Fsp3) is 0.190. The normalized spacial score (nSPS) is 10.6. The first kappa shape index (κ1) is 16.1. The largest absolute Gasteiger partial charge is 0.465 e. The van der Waals surface area contributed by atoms with Crippen LogP contribution in [-0.2, 0) is 11.2 Å². The Bertz CT molecular complexity index is 814. The number of benzene rings is 2. The molecule has 3 heteroatoms. The Morgan fingerprint density at radius 3 is 2.33 bits per heavy atom. The molecule has 2 aromatic carbocycles. The first-order valence-electron chi connectivity index (χ1n) is 8.09. The molecule has 0 aliphatic rings. The van der Waals surface area contributed by atoms with E-state index < -0.39 is 0 Å². The third kappa shape index (κ3) is 3.25. The number of hydrogen-bond donors (Lipinski definition) is 0. The van der Waals surface area contributed by atoms with Gasteiger partial charge in [-0.1, -0.05) is 49.4 Å². The van der Waals surface area contributed by atoms with Crippen molar-refractivity contribution in [3.8, 4) is 22.5 Å². The van der Waals surface area contributed by atoms with E-state index in [4.69, 9.17) is 9.15 Å². The third-order valence-corrected chi connectivity index (χ3v) is 3.93. The predicted octanol–water partition coefficient (Wildman–Crippen LogP) is 5.35. The lowest BCUT2D eigenvalue weighted by Crippen LogP contribution is -2.00. The lowest BCUT2D eigenvalue weighted by molar-refractivity contribution is 0.0601. The zero-order valence-corrected chi connectivity index (χ0v) is 13.9. The lowest BCUT2D eigenvalue weighted by Gasteiger charge is -2.04. The number of aryl methyl sites for hydroxylation is 1. The predicted molar refractivity (Wildman–Crippen MR) is 94.9 cm³/mol. The van der Waals surface area contributed by atoms with Crippen LogP contribution in [0.15, 0.2) is 65.1 Å². The summed E-state index contributed by atoms with van der Waals surface area (Å²) in [6.45, 7) is 2.13. The molecule has 3 nitrogen and oxygen atoms in total. The number of rotatable bonds is 5. The Balaban J connectivity index is 2.04. The maximum Gasteiger partial charge on any atom is 0.337 e. The highest BCUT2D eigenvalue weighted by molar-refractivity contribution is 5.90. The maximum absolute atomic E-state index is 11.6. The van der Waals surface area contributed by atoms with Crippen LogP contribution in [0, 0.1) is 0 Å². The van der Waals surface area contributed by atoms with Crippen molar-refractivity contribution < 1.29 is 13.9 Å². The van der Waals surface area contributed by atoms with Crippen molar-refractivity contribution in [2.45, 2.75) is 19.8 Å². The number of carbonyl (C=O) groups is 1. The van der Waals surface area contributed by atoms with E-state index in [-0.39, 0.29) is 5.97 Å². The molecule has 122 valence electrons. The fourth-order valence-corrected chi connectivity index (χ4v) is 2.73. The molecule has 0 saturated heterocycles. The highest BCUT2D eigenvalue weighted by Gasteiger charge is 2.15. The first-order valence-corrected chi connectivity index (χ1v) is 8.09. The van der Waals surface area contributed by atoms with Crippen LogP contribution in [0.2, 0.25) is 0 Å². The molecule has 0 fully saturated rings. The van der Waals surface area contributed by atoms with E-state index >= 15 is 0 Å². The van der Waals surface area contributed by atoms with Crippen LogP contribution in [0.1, 0.15) is 29.5 Å². The number of esters is 1.